The van der Waals surface area contributed by atoms with Crippen molar-refractivity contribution in [2.75, 3.05) is 0 Å². The third-order valence-corrected chi connectivity index (χ3v) is 3.31. The van der Waals surface area contributed by atoms with Crippen LogP contribution in [0.3, 0.4) is 0 Å². The van der Waals surface area contributed by atoms with Gasteiger partial charge in [0.25, 0.3) is 0 Å². The van der Waals surface area contributed by atoms with Gasteiger partial charge < -0.3 is 0 Å². The second-order valence-corrected chi connectivity index (χ2v) is 10.9. The lowest BCUT2D eigenvalue weighted by Crippen LogP contribution is -2.16. The number of hydrogen-bond donors (Lipinski definition) is 0. The summed E-state index contributed by atoms with van der Waals surface area (Å²) >= 11 is 17.1. The minimum Gasteiger partial charge on any atom is -0.146 e. The third-order valence-electron chi connectivity index (χ3n) is 0.640. The molecule has 0 aromatic heterocycles. The van der Waals surface area contributed by atoms with Crippen LogP contribution in [-0.4, -0.2) is 12.1 Å². The molecule has 0 heterocycles. The van der Waals surface area contributed by atoms with E-state index in [0.717, 1.165) is 6.04 Å². The van der Waals surface area contributed by atoms with Gasteiger partial charge in [-0.05, 0) is 19.5 Å². The summed E-state index contributed by atoms with van der Waals surface area (Å²) in [5.74, 6) is 0. The largest absolute Gasteiger partial charge is 0.249 e. The molecule has 1 unspecified atom stereocenters. The van der Waals surface area contributed by atoms with E-state index in [1.807, 2.05) is 13.5 Å². The molecule has 0 spiro atoms. The van der Waals surface area contributed by atoms with Crippen molar-refractivity contribution in [3.8, 4) is 0 Å². The molecule has 0 aliphatic rings. The summed E-state index contributed by atoms with van der Waals surface area (Å²) in [4.78, 5) is 0. The Morgan fingerprint density at radius 3 is 1.88 bits per heavy atom. The molecule has 0 aromatic rings. The van der Waals surface area contributed by atoms with Crippen molar-refractivity contribution in [1.29, 1.82) is 0 Å². The van der Waals surface area contributed by atoms with E-state index in [0.29, 0.717) is 0 Å². The van der Waals surface area contributed by atoms with Crippen LogP contribution in [0.25, 0.3) is 0 Å². The highest BCUT2D eigenvalue weighted by molar-refractivity contribution is 7.45. The fraction of sp³-hybridized carbons (Fsp3) is 1.00. The lowest BCUT2D eigenvalue weighted by molar-refractivity contribution is 1.08. The topological polar surface area (TPSA) is 0 Å². The number of halogens is 3. The highest BCUT2D eigenvalue weighted by Gasteiger charge is 2.22. The molecule has 0 fully saturated rings. The van der Waals surface area contributed by atoms with Crippen molar-refractivity contribution in [2.45, 2.75) is 24.9 Å². The Balaban J connectivity index is 3.39. The fourth-order valence-electron chi connectivity index (χ4n) is 0.494. The van der Waals surface area contributed by atoms with Crippen LogP contribution in [0, 0.1) is 0 Å². The minimum absolute atomic E-state index is 0.113. The number of hydrogen-bond acceptors (Lipinski definition) is 0. The Hall–Kier alpha value is 1.09. The summed E-state index contributed by atoms with van der Waals surface area (Å²) < 4.78 is 0. The average Bonchev–Trinajstić information content (AvgIpc) is 1.21. The smallest absolute Gasteiger partial charge is 0.146 e. The van der Waals surface area contributed by atoms with Gasteiger partial charge in [-0.15, -0.1) is 33.8 Å². The van der Waals surface area contributed by atoms with E-state index in [9.17, 15) is 0 Å². The molecule has 0 radical (unpaired) electrons. The van der Waals surface area contributed by atoms with Crippen LogP contribution < -0.4 is 0 Å². The Bertz CT molecular complexity index is 66.2. The maximum absolute atomic E-state index is 5.75. The van der Waals surface area contributed by atoms with Crippen LogP contribution in [0.2, 0.25) is 12.6 Å². The molecule has 8 heavy (non-hydrogen) atoms. The molecule has 50 valence electrons. The molecule has 0 aromatic carbocycles. The molecule has 0 N–H and O–H groups in total. The van der Waals surface area contributed by atoms with Gasteiger partial charge in [-0.2, -0.15) is 0 Å². The summed E-state index contributed by atoms with van der Waals surface area (Å²) in [5, 5.41) is 0.113. The first-order valence-corrected chi connectivity index (χ1v) is 7.60. The molecule has 0 aliphatic carbocycles. The minimum atomic E-state index is -1.91. The van der Waals surface area contributed by atoms with Gasteiger partial charge >= 0.3 is 0 Å². The Morgan fingerprint density at radius 1 is 1.50 bits per heavy atom. The summed E-state index contributed by atoms with van der Waals surface area (Å²) in [6, 6.07) is 0.762. The second kappa shape index (κ2) is 3.30. The second-order valence-electron chi connectivity index (χ2n) is 2.06. The average molecular weight is 192 g/mol. The molecular formula is C4H9Cl3Si. The van der Waals surface area contributed by atoms with Crippen molar-refractivity contribution in [2.24, 2.45) is 0 Å². The van der Waals surface area contributed by atoms with Gasteiger partial charge in [-0.25, -0.2) is 0 Å². The van der Waals surface area contributed by atoms with Crippen LogP contribution in [0.15, 0.2) is 0 Å². The maximum Gasteiger partial charge on any atom is 0.249 e. The summed E-state index contributed by atoms with van der Waals surface area (Å²) in [5.41, 5.74) is 0. The highest BCUT2D eigenvalue weighted by Crippen LogP contribution is 2.23. The molecule has 4 heteroatoms. The normalized spacial score (nSPS) is 16.1. The molecule has 0 aliphatic heterocycles. The zero-order valence-corrected chi connectivity index (χ0v) is 8.19. The van der Waals surface area contributed by atoms with E-state index in [2.05, 4.69) is 0 Å². The van der Waals surface area contributed by atoms with E-state index < -0.39 is 6.69 Å². The van der Waals surface area contributed by atoms with E-state index in [-0.39, 0.29) is 5.38 Å². The van der Waals surface area contributed by atoms with Crippen molar-refractivity contribution >= 4 is 40.5 Å². The maximum atomic E-state index is 5.75. The van der Waals surface area contributed by atoms with Crippen molar-refractivity contribution in [3.63, 3.8) is 0 Å². The Morgan fingerprint density at radius 2 is 1.88 bits per heavy atom. The Kier molecular flexibility index (Phi) is 3.75. The van der Waals surface area contributed by atoms with E-state index in [1.54, 1.807) is 0 Å². The third kappa shape index (κ3) is 7.09. The molecule has 0 saturated heterocycles. The van der Waals surface area contributed by atoms with Crippen molar-refractivity contribution in [1.82, 2.24) is 0 Å². The standard InChI is InChI=1S/C4H9Cl3Si/c1-4(5)3-8(2,6)7/h4H,3H2,1-2H3. The molecule has 0 nitrogen and oxygen atoms in total. The monoisotopic (exact) mass is 190 g/mol. The number of rotatable bonds is 2. The van der Waals surface area contributed by atoms with Crippen LogP contribution in [0.1, 0.15) is 6.92 Å². The van der Waals surface area contributed by atoms with Gasteiger partial charge in [0.2, 0.25) is 6.69 Å². The van der Waals surface area contributed by atoms with E-state index in [4.69, 9.17) is 33.8 Å². The van der Waals surface area contributed by atoms with Crippen molar-refractivity contribution in [3.05, 3.63) is 0 Å². The predicted octanol–water partition coefficient (Wildman–Crippen LogP) is 3.16. The summed E-state index contributed by atoms with van der Waals surface area (Å²) in [6.07, 6.45) is 0. The molecule has 0 rings (SSSR count). The number of alkyl halides is 1. The van der Waals surface area contributed by atoms with Gasteiger partial charge in [0.05, 0.1) is 0 Å². The summed E-state index contributed by atoms with van der Waals surface area (Å²) in [6.45, 7) is 1.86. The van der Waals surface area contributed by atoms with Gasteiger partial charge in [-0.3, -0.25) is 0 Å². The SMILES string of the molecule is CC(Cl)C[Si](C)(Cl)Cl. The molecule has 0 amide bonds. The molecular weight excluding hydrogens is 182 g/mol. The summed E-state index contributed by atoms with van der Waals surface area (Å²) in [7, 11) is 0. The van der Waals surface area contributed by atoms with Crippen LogP contribution >= 0.6 is 33.8 Å². The molecule has 0 bridgehead atoms. The zero-order valence-electron chi connectivity index (χ0n) is 4.92. The fourth-order valence-corrected chi connectivity index (χ4v) is 4.27. The quantitative estimate of drug-likeness (QED) is 0.357. The lowest BCUT2D eigenvalue weighted by atomic mass is 10.6. The van der Waals surface area contributed by atoms with E-state index in [1.165, 1.54) is 0 Å². The van der Waals surface area contributed by atoms with Gasteiger partial charge in [0.1, 0.15) is 0 Å². The molecule has 0 saturated carbocycles. The molecule has 1 atom stereocenters. The van der Waals surface area contributed by atoms with Crippen molar-refractivity contribution < 1.29 is 0 Å². The lowest BCUT2D eigenvalue weighted by Gasteiger charge is -2.10. The first-order chi connectivity index (χ1) is 3.42. The zero-order chi connectivity index (χ0) is 6.78. The first-order valence-electron chi connectivity index (χ1n) is 2.44. The van der Waals surface area contributed by atoms with Crippen LogP contribution in [0.4, 0.5) is 0 Å². The van der Waals surface area contributed by atoms with Gasteiger partial charge in [-0.1, -0.05) is 0 Å². The Labute approximate surface area is 65.5 Å². The predicted molar refractivity (Wildman–Crippen MR) is 43.4 cm³/mol. The first kappa shape index (κ1) is 9.09. The van der Waals surface area contributed by atoms with Crippen LogP contribution in [-0.2, 0) is 0 Å². The highest BCUT2D eigenvalue weighted by atomic mass is 35.7. The van der Waals surface area contributed by atoms with Gasteiger partial charge in [0, 0.05) is 5.38 Å². The van der Waals surface area contributed by atoms with Gasteiger partial charge in [0.15, 0.2) is 0 Å². The van der Waals surface area contributed by atoms with Crippen LogP contribution in [0.5, 0.6) is 0 Å². The van der Waals surface area contributed by atoms with E-state index >= 15 is 0 Å².